The van der Waals surface area contributed by atoms with E-state index in [0.717, 1.165) is 68.9 Å². The van der Waals surface area contributed by atoms with E-state index in [1.807, 2.05) is 18.2 Å². The van der Waals surface area contributed by atoms with Crippen molar-refractivity contribution in [1.29, 1.82) is 0 Å². The summed E-state index contributed by atoms with van der Waals surface area (Å²) in [5.41, 5.74) is 2.55. The van der Waals surface area contributed by atoms with Crippen LogP contribution in [0.4, 0.5) is 0 Å². The molecule has 164 valence electrons. The number of carbonyl (C=O) groups is 1. The van der Waals surface area contributed by atoms with Gasteiger partial charge in [-0.05, 0) is 61.3 Å². The number of ether oxygens (including phenoxy) is 2. The van der Waals surface area contributed by atoms with Gasteiger partial charge in [-0.25, -0.2) is 0 Å². The van der Waals surface area contributed by atoms with Crippen LogP contribution in [0.15, 0.2) is 48.5 Å². The summed E-state index contributed by atoms with van der Waals surface area (Å²) >= 11 is 0. The van der Waals surface area contributed by atoms with Gasteiger partial charge >= 0.3 is 0 Å². The van der Waals surface area contributed by atoms with Crippen LogP contribution in [0.1, 0.15) is 36.8 Å². The first-order valence-electron chi connectivity index (χ1n) is 11.7. The van der Waals surface area contributed by atoms with Crippen LogP contribution in [-0.2, 0) is 17.6 Å². The van der Waals surface area contributed by atoms with Crippen LogP contribution in [-0.4, -0.2) is 54.7 Å². The number of aryl methyl sites for hydroxylation is 1. The average Bonchev–Trinajstić information content (AvgIpc) is 3.29. The fraction of sp³-hybridized carbons (Fsp3) is 0.500. The van der Waals surface area contributed by atoms with Crippen LogP contribution < -0.4 is 9.47 Å². The van der Waals surface area contributed by atoms with Gasteiger partial charge in [0.15, 0.2) is 11.5 Å². The summed E-state index contributed by atoms with van der Waals surface area (Å²) in [4.78, 5) is 17.9. The van der Waals surface area contributed by atoms with Crippen LogP contribution in [0.2, 0.25) is 0 Å². The molecule has 5 heteroatoms. The highest BCUT2D eigenvalue weighted by Crippen LogP contribution is 2.34. The maximum atomic E-state index is 13.1. The second-order valence-electron chi connectivity index (χ2n) is 9.07. The summed E-state index contributed by atoms with van der Waals surface area (Å²) in [7, 11) is 0. The van der Waals surface area contributed by atoms with Gasteiger partial charge in [0.05, 0.1) is 0 Å². The van der Waals surface area contributed by atoms with Crippen molar-refractivity contribution >= 4 is 5.91 Å². The van der Waals surface area contributed by atoms with Crippen LogP contribution in [0.5, 0.6) is 11.5 Å². The van der Waals surface area contributed by atoms with E-state index in [2.05, 4.69) is 40.1 Å². The monoisotopic (exact) mass is 420 g/mol. The molecule has 2 fully saturated rings. The van der Waals surface area contributed by atoms with Gasteiger partial charge in [0.2, 0.25) is 12.7 Å². The second kappa shape index (κ2) is 9.31. The first-order valence-corrected chi connectivity index (χ1v) is 11.7. The highest BCUT2D eigenvalue weighted by Gasteiger charge is 2.37. The zero-order valence-electron chi connectivity index (χ0n) is 18.2. The summed E-state index contributed by atoms with van der Waals surface area (Å²) in [6.45, 7) is 4.55. The van der Waals surface area contributed by atoms with Crippen molar-refractivity contribution in [2.75, 3.05) is 33.0 Å². The van der Waals surface area contributed by atoms with E-state index in [4.69, 9.17) is 9.47 Å². The number of nitrogens with zero attached hydrogens (tertiary/aromatic N) is 2. The molecule has 0 saturated carbocycles. The van der Waals surface area contributed by atoms with Gasteiger partial charge in [-0.2, -0.15) is 0 Å². The number of amides is 1. The summed E-state index contributed by atoms with van der Waals surface area (Å²) in [5.74, 6) is 2.52. The second-order valence-corrected chi connectivity index (χ2v) is 9.07. The molecular formula is C26H32N2O3. The van der Waals surface area contributed by atoms with Crippen LogP contribution >= 0.6 is 0 Å². The van der Waals surface area contributed by atoms with E-state index in [1.54, 1.807) is 0 Å². The number of hydrogen-bond acceptors (Lipinski definition) is 4. The molecule has 5 rings (SSSR count). The third kappa shape index (κ3) is 4.72. The molecule has 5 nitrogen and oxygen atoms in total. The van der Waals surface area contributed by atoms with Crippen LogP contribution in [0.3, 0.4) is 0 Å². The van der Waals surface area contributed by atoms with E-state index in [0.29, 0.717) is 24.3 Å². The number of benzene rings is 2. The molecule has 0 aliphatic carbocycles. The molecule has 0 bridgehead atoms. The molecule has 3 aliphatic heterocycles. The molecule has 2 aromatic rings. The lowest BCUT2D eigenvalue weighted by atomic mass is 9.83. The zero-order valence-corrected chi connectivity index (χ0v) is 18.2. The van der Waals surface area contributed by atoms with Crippen LogP contribution in [0, 0.1) is 5.92 Å². The molecule has 2 aromatic carbocycles. The highest BCUT2D eigenvalue weighted by atomic mass is 16.7. The third-order valence-electron chi connectivity index (χ3n) is 7.10. The predicted molar refractivity (Wildman–Crippen MR) is 120 cm³/mol. The van der Waals surface area contributed by atoms with Gasteiger partial charge in [-0.15, -0.1) is 0 Å². The summed E-state index contributed by atoms with van der Waals surface area (Å²) < 4.78 is 10.9. The van der Waals surface area contributed by atoms with Gasteiger partial charge in [0, 0.05) is 38.6 Å². The fourth-order valence-electron chi connectivity index (χ4n) is 5.41. The standard InChI is InChI=1S/C26H32N2O3/c29-26(11-9-21-8-10-24-25(17-21)31-19-30-24)28-14-4-7-22-18-27(16-13-23(22)28)15-12-20-5-2-1-3-6-20/h1-3,5-6,8,10,17,22-23H,4,7,9,11-16,18-19H2/t22-,23+/m1/s1. The third-order valence-corrected chi connectivity index (χ3v) is 7.10. The van der Waals surface area contributed by atoms with E-state index >= 15 is 0 Å². The SMILES string of the molecule is O=C(CCc1ccc2c(c1)OCO2)N1CCC[C@@H]2CN(CCc3ccccc3)CC[C@@H]21. The minimum Gasteiger partial charge on any atom is -0.454 e. The maximum Gasteiger partial charge on any atom is 0.231 e. The lowest BCUT2D eigenvalue weighted by Gasteiger charge is -2.47. The Balaban J connectivity index is 1.13. The molecule has 2 atom stereocenters. The molecular weight excluding hydrogens is 388 g/mol. The Bertz CT molecular complexity index is 901. The summed E-state index contributed by atoms with van der Waals surface area (Å²) in [5, 5.41) is 0. The molecule has 31 heavy (non-hydrogen) atoms. The quantitative estimate of drug-likeness (QED) is 0.711. The predicted octanol–water partition coefficient (Wildman–Crippen LogP) is 3.90. The maximum absolute atomic E-state index is 13.1. The van der Waals surface area contributed by atoms with Crippen molar-refractivity contribution in [2.24, 2.45) is 5.92 Å². The largest absolute Gasteiger partial charge is 0.454 e. The Labute approximate surface area is 184 Å². The van der Waals surface area contributed by atoms with Crippen molar-refractivity contribution in [3.8, 4) is 11.5 Å². The minimum atomic E-state index is 0.289. The zero-order chi connectivity index (χ0) is 21.0. The Kier molecular flexibility index (Phi) is 6.12. The molecule has 0 unspecified atom stereocenters. The highest BCUT2D eigenvalue weighted by molar-refractivity contribution is 5.77. The van der Waals surface area contributed by atoms with Crippen molar-refractivity contribution in [3.63, 3.8) is 0 Å². The van der Waals surface area contributed by atoms with E-state index in [9.17, 15) is 4.79 Å². The van der Waals surface area contributed by atoms with Gasteiger partial charge in [0.1, 0.15) is 0 Å². The molecule has 3 aliphatic rings. The van der Waals surface area contributed by atoms with Gasteiger partial charge in [-0.1, -0.05) is 36.4 Å². The van der Waals surface area contributed by atoms with Gasteiger partial charge in [0.25, 0.3) is 0 Å². The number of hydrogen-bond donors (Lipinski definition) is 0. The minimum absolute atomic E-state index is 0.289. The first kappa shape index (κ1) is 20.4. The number of rotatable bonds is 6. The lowest BCUT2D eigenvalue weighted by molar-refractivity contribution is -0.138. The van der Waals surface area contributed by atoms with Crippen LogP contribution in [0.25, 0.3) is 0 Å². The molecule has 3 heterocycles. The molecule has 0 radical (unpaired) electrons. The van der Waals surface area contributed by atoms with E-state index in [-0.39, 0.29) is 6.79 Å². The normalized spacial score (nSPS) is 22.9. The smallest absolute Gasteiger partial charge is 0.231 e. The van der Waals surface area contributed by atoms with E-state index < -0.39 is 0 Å². The Morgan fingerprint density at radius 2 is 1.81 bits per heavy atom. The van der Waals surface area contributed by atoms with Crippen molar-refractivity contribution in [2.45, 2.75) is 44.6 Å². The number of fused-ring (bicyclic) bond motifs is 2. The average molecular weight is 421 g/mol. The number of carbonyl (C=O) groups excluding carboxylic acids is 1. The summed E-state index contributed by atoms with van der Waals surface area (Å²) in [6, 6.07) is 17.2. The Morgan fingerprint density at radius 3 is 2.71 bits per heavy atom. The molecule has 0 aromatic heterocycles. The fourth-order valence-corrected chi connectivity index (χ4v) is 5.41. The van der Waals surface area contributed by atoms with E-state index in [1.165, 1.54) is 12.0 Å². The first-order chi connectivity index (χ1) is 15.3. The van der Waals surface area contributed by atoms with Gasteiger partial charge in [-0.3, -0.25) is 4.79 Å². The number of likely N-dealkylation sites (tertiary alicyclic amines) is 2. The number of piperidine rings is 2. The topological polar surface area (TPSA) is 42.0 Å². The van der Waals surface area contributed by atoms with Crippen molar-refractivity contribution in [3.05, 3.63) is 59.7 Å². The lowest BCUT2D eigenvalue weighted by Crippen LogP contribution is -2.56. The molecule has 1 amide bonds. The Morgan fingerprint density at radius 1 is 0.935 bits per heavy atom. The molecule has 2 saturated heterocycles. The summed E-state index contributed by atoms with van der Waals surface area (Å²) in [6.07, 6.45) is 5.92. The van der Waals surface area contributed by atoms with Crippen molar-refractivity contribution < 1.29 is 14.3 Å². The Hall–Kier alpha value is -2.53. The molecule has 0 spiro atoms. The van der Waals surface area contributed by atoms with Gasteiger partial charge < -0.3 is 19.3 Å². The van der Waals surface area contributed by atoms with Crippen molar-refractivity contribution in [1.82, 2.24) is 9.80 Å². The molecule has 0 N–H and O–H groups in total.